The van der Waals surface area contributed by atoms with Crippen LogP contribution in [0.25, 0.3) is 0 Å². The van der Waals surface area contributed by atoms with Crippen molar-refractivity contribution in [2.45, 2.75) is 31.6 Å². The number of halogens is 1. The monoisotopic (exact) mass is 252 g/mol. The van der Waals surface area contributed by atoms with Crippen LogP contribution in [0.4, 0.5) is 0 Å². The Morgan fingerprint density at radius 1 is 1.36 bits per heavy atom. The number of ketones is 1. The minimum Gasteiger partial charge on any atom is -0.300 e. The van der Waals surface area contributed by atoms with Gasteiger partial charge in [-0.3, -0.25) is 4.79 Å². The lowest BCUT2D eigenvalue weighted by Gasteiger charge is -2.40. The highest BCUT2D eigenvalue weighted by atomic mass is 79.9. The largest absolute Gasteiger partial charge is 0.300 e. The van der Waals surface area contributed by atoms with Gasteiger partial charge in [-0.25, -0.2) is 0 Å². The van der Waals surface area contributed by atoms with Crippen molar-refractivity contribution >= 4 is 21.7 Å². The maximum atomic E-state index is 11.1. The summed E-state index contributed by atoms with van der Waals surface area (Å²) in [5, 5.41) is 0. The Balaban J connectivity index is 2.38. The lowest BCUT2D eigenvalue weighted by atomic mass is 9.62. The molecule has 1 nitrogen and oxygen atoms in total. The third-order valence-electron chi connectivity index (χ3n) is 3.19. The van der Waals surface area contributed by atoms with Crippen molar-refractivity contribution < 1.29 is 4.79 Å². The van der Waals surface area contributed by atoms with Crippen LogP contribution in [0.5, 0.6) is 0 Å². The summed E-state index contributed by atoms with van der Waals surface area (Å²) in [7, 11) is 0. The molecule has 74 valence electrons. The van der Waals surface area contributed by atoms with Gasteiger partial charge in [0.25, 0.3) is 0 Å². The molecule has 0 aliphatic heterocycles. The molecule has 1 aliphatic carbocycles. The van der Waals surface area contributed by atoms with Gasteiger partial charge >= 0.3 is 0 Å². The molecule has 0 radical (unpaired) electrons. The fourth-order valence-electron chi connectivity index (χ4n) is 2.23. The Bertz CT molecular complexity index is 362. The van der Waals surface area contributed by atoms with Crippen molar-refractivity contribution in [1.29, 1.82) is 0 Å². The molecule has 1 aliphatic rings. The van der Waals surface area contributed by atoms with Gasteiger partial charge in [-0.15, -0.1) is 0 Å². The van der Waals surface area contributed by atoms with Crippen molar-refractivity contribution in [3.63, 3.8) is 0 Å². The minimum atomic E-state index is 0.122. The highest BCUT2D eigenvalue weighted by Crippen LogP contribution is 2.46. The van der Waals surface area contributed by atoms with E-state index in [2.05, 4.69) is 35.0 Å². The van der Waals surface area contributed by atoms with E-state index in [0.29, 0.717) is 18.6 Å². The van der Waals surface area contributed by atoms with Crippen LogP contribution in [0, 0.1) is 0 Å². The zero-order valence-electron chi connectivity index (χ0n) is 8.22. The number of rotatable bonds is 2. The van der Waals surface area contributed by atoms with Crippen LogP contribution in [0.1, 0.15) is 31.7 Å². The van der Waals surface area contributed by atoms with E-state index in [1.165, 1.54) is 5.56 Å². The molecule has 1 saturated carbocycles. The molecule has 1 aromatic rings. The molecule has 0 bridgehead atoms. The Kier molecular flexibility index (Phi) is 2.48. The second kappa shape index (κ2) is 3.50. The molecule has 0 spiro atoms. The van der Waals surface area contributed by atoms with Crippen molar-refractivity contribution in [2.24, 2.45) is 0 Å². The van der Waals surface area contributed by atoms with E-state index in [1.807, 2.05) is 12.1 Å². The highest BCUT2D eigenvalue weighted by Gasteiger charge is 2.43. The van der Waals surface area contributed by atoms with Crippen LogP contribution < -0.4 is 0 Å². The van der Waals surface area contributed by atoms with Gasteiger partial charge in [0.1, 0.15) is 5.78 Å². The van der Waals surface area contributed by atoms with Gasteiger partial charge in [0.05, 0.1) is 0 Å². The molecular formula is C12H13BrO. The van der Waals surface area contributed by atoms with Crippen molar-refractivity contribution in [3.05, 3.63) is 34.3 Å². The average molecular weight is 253 g/mol. The molecule has 1 fully saturated rings. The van der Waals surface area contributed by atoms with E-state index in [4.69, 9.17) is 0 Å². The molecule has 0 N–H and O–H groups in total. The normalized spacial score (nSPS) is 19.1. The number of hydrogen-bond acceptors (Lipinski definition) is 1. The lowest BCUT2D eigenvalue weighted by molar-refractivity contribution is -0.128. The topological polar surface area (TPSA) is 17.1 Å². The molecule has 0 aromatic heterocycles. The second-order valence-corrected chi connectivity index (χ2v) is 4.86. The SMILES string of the molecule is CCC1(c2ccccc2Br)CC(=O)C1. The smallest absolute Gasteiger partial charge is 0.134 e. The van der Waals surface area contributed by atoms with Gasteiger partial charge in [-0.2, -0.15) is 0 Å². The van der Waals surface area contributed by atoms with Crippen LogP contribution in [0.15, 0.2) is 28.7 Å². The molecule has 0 atom stereocenters. The van der Waals surface area contributed by atoms with E-state index in [0.717, 1.165) is 10.9 Å². The Labute approximate surface area is 92.6 Å². The summed E-state index contributed by atoms with van der Waals surface area (Å²) in [5.41, 5.74) is 1.42. The summed E-state index contributed by atoms with van der Waals surface area (Å²) in [5.74, 6) is 0.391. The molecule has 0 amide bonds. The Morgan fingerprint density at radius 3 is 2.50 bits per heavy atom. The number of carbonyl (C=O) groups is 1. The molecule has 2 rings (SSSR count). The molecular weight excluding hydrogens is 240 g/mol. The van der Waals surface area contributed by atoms with E-state index < -0.39 is 0 Å². The maximum Gasteiger partial charge on any atom is 0.134 e. The van der Waals surface area contributed by atoms with Gasteiger partial charge in [0.2, 0.25) is 0 Å². The van der Waals surface area contributed by atoms with Gasteiger partial charge in [0, 0.05) is 22.7 Å². The summed E-state index contributed by atoms with van der Waals surface area (Å²) in [4.78, 5) is 11.1. The molecule has 0 saturated heterocycles. The summed E-state index contributed by atoms with van der Waals surface area (Å²) >= 11 is 3.56. The second-order valence-electron chi connectivity index (χ2n) is 4.01. The maximum absolute atomic E-state index is 11.1. The number of carbonyl (C=O) groups excluding carboxylic acids is 1. The molecule has 0 unspecified atom stereocenters. The van der Waals surface area contributed by atoms with E-state index in [1.54, 1.807) is 0 Å². The van der Waals surface area contributed by atoms with Crippen molar-refractivity contribution in [1.82, 2.24) is 0 Å². The van der Waals surface area contributed by atoms with Crippen molar-refractivity contribution in [3.8, 4) is 0 Å². The Hall–Kier alpha value is -0.630. The molecule has 2 heteroatoms. The fraction of sp³-hybridized carbons (Fsp3) is 0.417. The first-order valence-corrected chi connectivity index (χ1v) is 5.74. The summed E-state index contributed by atoms with van der Waals surface area (Å²) in [6.07, 6.45) is 2.47. The van der Waals surface area contributed by atoms with Crippen LogP contribution in [-0.2, 0) is 10.2 Å². The van der Waals surface area contributed by atoms with E-state index >= 15 is 0 Å². The quantitative estimate of drug-likeness (QED) is 0.788. The molecule has 0 heterocycles. The Morgan fingerprint density at radius 2 is 2.00 bits per heavy atom. The van der Waals surface area contributed by atoms with Crippen LogP contribution in [0.3, 0.4) is 0 Å². The van der Waals surface area contributed by atoms with Gasteiger partial charge in [0.15, 0.2) is 0 Å². The summed E-state index contributed by atoms with van der Waals surface area (Å²) < 4.78 is 1.13. The molecule has 1 aromatic carbocycles. The lowest BCUT2D eigenvalue weighted by Crippen LogP contribution is -2.41. The summed E-state index contributed by atoms with van der Waals surface area (Å²) in [6.45, 7) is 2.16. The zero-order chi connectivity index (χ0) is 10.2. The average Bonchev–Trinajstić information content (AvgIpc) is 2.14. The van der Waals surface area contributed by atoms with Crippen LogP contribution >= 0.6 is 15.9 Å². The third-order valence-corrected chi connectivity index (χ3v) is 3.88. The first-order valence-electron chi connectivity index (χ1n) is 4.95. The predicted octanol–water partition coefficient (Wildman–Crippen LogP) is 3.46. The number of hydrogen-bond donors (Lipinski definition) is 0. The third kappa shape index (κ3) is 1.42. The molecule has 14 heavy (non-hydrogen) atoms. The van der Waals surface area contributed by atoms with Gasteiger partial charge in [-0.05, 0) is 18.1 Å². The van der Waals surface area contributed by atoms with Crippen LogP contribution in [0.2, 0.25) is 0 Å². The first kappa shape index (κ1) is 9.91. The van der Waals surface area contributed by atoms with Crippen molar-refractivity contribution in [2.75, 3.05) is 0 Å². The predicted molar refractivity (Wildman–Crippen MR) is 60.4 cm³/mol. The van der Waals surface area contributed by atoms with E-state index in [-0.39, 0.29) is 5.41 Å². The number of Topliss-reactive ketones (excluding diaryl/α,β-unsaturated/α-hetero) is 1. The van der Waals surface area contributed by atoms with Crippen LogP contribution in [-0.4, -0.2) is 5.78 Å². The van der Waals surface area contributed by atoms with Gasteiger partial charge < -0.3 is 0 Å². The van der Waals surface area contributed by atoms with E-state index in [9.17, 15) is 4.79 Å². The zero-order valence-corrected chi connectivity index (χ0v) is 9.80. The standard InChI is InChI=1S/C12H13BrO/c1-2-12(7-9(14)8-12)10-5-3-4-6-11(10)13/h3-6H,2,7-8H2,1H3. The first-order chi connectivity index (χ1) is 6.68. The fourth-order valence-corrected chi connectivity index (χ4v) is 2.93. The van der Waals surface area contributed by atoms with Gasteiger partial charge in [-0.1, -0.05) is 41.1 Å². The summed E-state index contributed by atoms with van der Waals surface area (Å²) in [6, 6.07) is 8.23. The highest BCUT2D eigenvalue weighted by molar-refractivity contribution is 9.10. The minimum absolute atomic E-state index is 0.122. The number of benzene rings is 1.